The molecule has 7 nitrogen and oxygen atoms in total. The largest absolute Gasteiger partial charge is 0.356 e. The second-order valence-corrected chi connectivity index (χ2v) is 7.62. The van der Waals surface area contributed by atoms with Crippen molar-refractivity contribution < 1.29 is 4.79 Å². The van der Waals surface area contributed by atoms with Crippen LogP contribution in [0.25, 0.3) is 11.0 Å². The molecule has 0 radical (unpaired) electrons. The van der Waals surface area contributed by atoms with Crippen molar-refractivity contribution in [1.29, 1.82) is 0 Å². The fourth-order valence-corrected chi connectivity index (χ4v) is 3.85. The van der Waals surface area contributed by atoms with Crippen molar-refractivity contribution in [3.8, 4) is 0 Å². The van der Waals surface area contributed by atoms with Gasteiger partial charge in [-0.3, -0.25) is 4.79 Å². The maximum Gasteiger partial charge on any atom is 0.224 e. The van der Waals surface area contributed by atoms with Crippen LogP contribution in [0.2, 0.25) is 0 Å². The molecule has 1 aromatic carbocycles. The summed E-state index contributed by atoms with van der Waals surface area (Å²) in [5, 5.41) is 9.22. The van der Waals surface area contributed by atoms with E-state index in [0.29, 0.717) is 19.5 Å². The van der Waals surface area contributed by atoms with Gasteiger partial charge in [0.2, 0.25) is 5.91 Å². The van der Waals surface area contributed by atoms with Gasteiger partial charge < -0.3 is 10.2 Å². The third kappa shape index (κ3) is 4.11. The summed E-state index contributed by atoms with van der Waals surface area (Å²) in [6, 6.07) is 9.76. The summed E-state index contributed by atoms with van der Waals surface area (Å²) in [5.74, 6) is 0.992. The lowest BCUT2D eigenvalue weighted by molar-refractivity contribution is -0.120. The summed E-state index contributed by atoms with van der Waals surface area (Å²) in [6.07, 6.45) is 6.61. The molecule has 28 heavy (non-hydrogen) atoms. The number of amides is 1. The number of anilines is 1. The fraction of sp³-hybridized carbons (Fsp3) is 0.400. The molecule has 2 aromatic heterocycles. The Kier molecular flexibility index (Phi) is 5.76. The molecule has 1 saturated heterocycles. The molecule has 8 heteroatoms. The molecule has 0 saturated carbocycles. The highest BCUT2D eigenvalue weighted by Crippen LogP contribution is 2.28. The number of nitrogens with one attached hydrogen (secondary N) is 1. The second-order valence-electron chi connectivity index (χ2n) is 6.85. The number of hydrogen-bond donors (Lipinski definition) is 1. The van der Waals surface area contributed by atoms with Crippen LogP contribution in [-0.2, 0) is 17.8 Å². The topological polar surface area (TPSA) is 75.9 Å². The molecule has 4 rings (SSSR count). The fourth-order valence-electron chi connectivity index (χ4n) is 3.49. The van der Waals surface area contributed by atoms with Gasteiger partial charge in [0.05, 0.1) is 24.5 Å². The van der Waals surface area contributed by atoms with Gasteiger partial charge in [0.15, 0.2) is 10.8 Å². The standard InChI is InChI=1S/C20H24N6OS/c1-28-20-23-18(25-10-5-6-11-25)16-14-22-26(19(16)24-20)12-9-21-17(27)13-15-7-3-2-4-8-15/h2-4,7-8,14H,5-6,9-13H2,1H3,(H,21,27). The quantitative estimate of drug-likeness (QED) is 0.489. The van der Waals surface area contributed by atoms with Crippen LogP contribution in [0, 0.1) is 0 Å². The van der Waals surface area contributed by atoms with Gasteiger partial charge >= 0.3 is 0 Å². The lowest BCUT2D eigenvalue weighted by atomic mass is 10.1. The minimum atomic E-state index is 0.0137. The van der Waals surface area contributed by atoms with Crippen molar-refractivity contribution in [3.63, 3.8) is 0 Å². The molecule has 1 fully saturated rings. The van der Waals surface area contributed by atoms with Gasteiger partial charge in [0, 0.05) is 19.6 Å². The molecular weight excluding hydrogens is 372 g/mol. The summed E-state index contributed by atoms with van der Waals surface area (Å²) in [7, 11) is 0. The van der Waals surface area contributed by atoms with Crippen LogP contribution in [0.1, 0.15) is 18.4 Å². The Morgan fingerprint density at radius 2 is 1.96 bits per heavy atom. The normalized spacial score (nSPS) is 14.0. The predicted molar refractivity (Wildman–Crippen MR) is 112 cm³/mol. The Hall–Kier alpha value is -2.61. The number of benzene rings is 1. The molecule has 0 aliphatic carbocycles. The molecule has 3 aromatic rings. The maximum atomic E-state index is 12.2. The number of carbonyl (C=O) groups is 1. The second kappa shape index (κ2) is 8.60. The first-order valence-corrected chi connectivity index (χ1v) is 10.8. The molecule has 0 unspecified atom stereocenters. The lowest BCUT2D eigenvalue weighted by Crippen LogP contribution is -2.29. The van der Waals surface area contributed by atoms with Crippen LogP contribution >= 0.6 is 11.8 Å². The van der Waals surface area contributed by atoms with E-state index in [4.69, 9.17) is 4.98 Å². The highest BCUT2D eigenvalue weighted by Gasteiger charge is 2.20. The average Bonchev–Trinajstić information content (AvgIpc) is 3.38. The van der Waals surface area contributed by atoms with Crippen molar-refractivity contribution in [2.45, 2.75) is 31.0 Å². The van der Waals surface area contributed by atoms with Crippen molar-refractivity contribution in [1.82, 2.24) is 25.1 Å². The van der Waals surface area contributed by atoms with E-state index in [9.17, 15) is 4.79 Å². The Bertz CT molecular complexity index is 952. The molecular formula is C20H24N6OS. The molecule has 1 aliphatic heterocycles. The number of rotatable bonds is 7. The highest BCUT2D eigenvalue weighted by atomic mass is 32.2. The van der Waals surface area contributed by atoms with E-state index in [0.717, 1.165) is 40.7 Å². The number of aromatic nitrogens is 4. The summed E-state index contributed by atoms with van der Waals surface area (Å²) < 4.78 is 1.86. The Morgan fingerprint density at radius 3 is 2.71 bits per heavy atom. The van der Waals surface area contributed by atoms with E-state index in [1.54, 1.807) is 0 Å². The first-order chi connectivity index (χ1) is 13.7. The van der Waals surface area contributed by atoms with Crippen molar-refractivity contribution in [2.75, 3.05) is 30.8 Å². The van der Waals surface area contributed by atoms with Gasteiger partial charge in [0.25, 0.3) is 0 Å². The van der Waals surface area contributed by atoms with E-state index < -0.39 is 0 Å². The smallest absolute Gasteiger partial charge is 0.224 e. The van der Waals surface area contributed by atoms with E-state index in [-0.39, 0.29) is 5.91 Å². The maximum absolute atomic E-state index is 12.2. The number of thioether (sulfide) groups is 1. The summed E-state index contributed by atoms with van der Waals surface area (Å²) >= 11 is 1.54. The third-order valence-electron chi connectivity index (χ3n) is 4.90. The number of fused-ring (bicyclic) bond motifs is 1. The van der Waals surface area contributed by atoms with Gasteiger partial charge in [-0.15, -0.1) is 0 Å². The zero-order valence-corrected chi connectivity index (χ0v) is 16.8. The molecule has 1 aliphatic rings. The van der Waals surface area contributed by atoms with Crippen molar-refractivity contribution in [3.05, 3.63) is 42.1 Å². The average molecular weight is 397 g/mol. The van der Waals surface area contributed by atoms with Gasteiger partial charge in [0.1, 0.15) is 5.82 Å². The number of nitrogens with zero attached hydrogens (tertiary/aromatic N) is 5. The van der Waals surface area contributed by atoms with Crippen LogP contribution in [-0.4, -0.2) is 51.5 Å². The van der Waals surface area contributed by atoms with Gasteiger partial charge in [-0.1, -0.05) is 42.1 Å². The minimum Gasteiger partial charge on any atom is -0.356 e. The Morgan fingerprint density at radius 1 is 1.18 bits per heavy atom. The third-order valence-corrected chi connectivity index (χ3v) is 5.44. The van der Waals surface area contributed by atoms with Crippen LogP contribution in [0.3, 0.4) is 0 Å². The zero-order valence-electron chi connectivity index (χ0n) is 16.0. The number of hydrogen-bond acceptors (Lipinski definition) is 6. The minimum absolute atomic E-state index is 0.0137. The molecule has 1 N–H and O–H groups in total. The van der Waals surface area contributed by atoms with Gasteiger partial charge in [-0.2, -0.15) is 5.10 Å². The molecule has 0 atom stereocenters. The predicted octanol–water partition coefficient (Wildman–Crippen LogP) is 2.51. The van der Waals surface area contributed by atoms with Crippen LogP contribution in [0.5, 0.6) is 0 Å². The molecule has 146 valence electrons. The van der Waals surface area contributed by atoms with Crippen molar-refractivity contribution in [2.24, 2.45) is 0 Å². The molecule has 0 spiro atoms. The van der Waals surface area contributed by atoms with E-state index >= 15 is 0 Å². The lowest BCUT2D eigenvalue weighted by Gasteiger charge is -2.17. The molecule has 1 amide bonds. The highest BCUT2D eigenvalue weighted by molar-refractivity contribution is 7.98. The Balaban J connectivity index is 1.45. The Labute approximate surface area is 168 Å². The van der Waals surface area contributed by atoms with Crippen molar-refractivity contribution >= 4 is 34.5 Å². The van der Waals surface area contributed by atoms with E-state index in [2.05, 4.69) is 20.3 Å². The molecule has 3 heterocycles. The molecule has 0 bridgehead atoms. The monoisotopic (exact) mass is 396 g/mol. The van der Waals surface area contributed by atoms with Crippen LogP contribution in [0.15, 0.2) is 41.7 Å². The summed E-state index contributed by atoms with van der Waals surface area (Å²) in [6.45, 7) is 3.15. The first-order valence-electron chi connectivity index (χ1n) is 9.58. The summed E-state index contributed by atoms with van der Waals surface area (Å²) in [4.78, 5) is 23.9. The SMILES string of the molecule is CSc1nc(N2CCCC2)c2cnn(CCNC(=O)Cc3ccccc3)c2n1. The summed E-state index contributed by atoms with van der Waals surface area (Å²) in [5.41, 5.74) is 1.84. The first kappa shape index (κ1) is 18.7. The zero-order chi connectivity index (χ0) is 19.3. The van der Waals surface area contributed by atoms with Gasteiger partial charge in [-0.05, 0) is 24.7 Å². The van der Waals surface area contributed by atoms with E-state index in [1.165, 1.54) is 24.6 Å². The van der Waals surface area contributed by atoms with Crippen LogP contribution < -0.4 is 10.2 Å². The number of carbonyl (C=O) groups excluding carboxylic acids is 1. The van der Waals surface area contributed by atoms with E-state index in [1.807, 2.05) is 47.5 Å². The van der Waals surface area contributed by atoms with Gasteiger partial charge in [-0.25, -0.2) is 14.6 Å². The van der Waals surface area contributed by atoms with Crippen LogP contribution in [0.4, 0.5) is 5.82 Å².